The average molecular weight is 384 g/mol. The molecular formula is C24H24N4O. The maximum atomic E-state index is 12.9. The maximum absolute atomic E-state index is 12.9. The summed E-state index contributed by atoms with van der Waals surface area (Å²) in [6, 6.07) is 18.4. The highest BCUT2D eigenvalue weighted by Gasteiger charge is 2.26. The van der Waals surface area contributed by atoms with Crippen molar-refractivity contribution in [2.75, 3.05) is 18.0 Å². The normalized spacial score (nSPS) is 15.7. The van der Waals surface area contributed by atoms with Crippen LogP contribution in [0.4, 0.5) is 5.82 Å². The molecule has 2 heterocycles. The lowest BCUT2D eigenvalue weighted by molar-refractivity contribution is 0.0951. The van der Waals surface area contributed by atoms with Gasteiger partial charge >= 0.3 is 0 Å². The molecular weight excluding hydrogens is 360 g/mol. The quantitative estimate of drug-likeness (QED) is 0.726. The molecule has 1 fully saturated rings. The molecule has 2 aromatic carbocycles. The Morgan fingerprint density at radius 3 is 2.59 bits per heavy atom. The van der Waals surface area contributed by atoms with Crippen molar-refractivity contribution < 1.29 is 4.79 Å². The van der Waals surface area contributed by atoms with E-state index in [1.54, 1.807) is 6.20 Å². The van der Waals surface area contributed by atoms with Crippen molar-refractivity contribution in [3.63, 3.8) is 0 Å². The molecule has 3 aromatic rings. The lowest BCUT2D eigenvalue weighted by Crippen LogP contribution is -2.34. The van der Waals surface area contributed by atoms with Gasteiger partial charge in [-0.1, -0.05) is 54.6 Å². The Balaban J connectivity index is 1.50. The molecule has 0 atom stereocenters. The van der Waals surface area contributed by atoms with Gasteiger partial charge in [-0.3, -0.25) is 4.79 Å². The molecule has 1 aliphatic carbocycles. The third-order valence-electron chi connectivity index (χ3n) is 5.72. The number of carbonyl (C=O) groups is 1. The van der Waals surface area contributed by atoms with E-state index in [2.05, 4.69) is 39.5 Å². The largest absolute Gasteiger partial charge is 0.352 e. The zero-order valence-corrected chi connectivity index (χ0v) is 16.3. The van der Waals surface area contributed by atoms with Crippen molar-refractivity contribution >= 4 is 11.7 Å². The topological polar surface area (TPSA) is 58.1 Å². The van der Waals surface area contributed by atoms with Crippen LogP contribution >= 0.6 is 0 Å². The highest BCUT2D eigenvalue weighted by molar-refractivity contribution is 5.99. The summed E-state index contributed by atoms with van der Waals surface area (Å²) in [5.41, 5.74) is 4.18. The lowest BCUT2D eigenvalue weighted by Gasteiger charge is -2.31. The van der Waals surface area contributed by atoms with Crippen LogP contribution in [-0.4, -0.2) is 29.0 Å². The van der Waals surface area contributed by atoms with Crippen LogP contribution in [0.3, 0.4) is 0 Å². The van der Waals surface area contributed by atoms with Gasteiger partial charge in [0.2, 0.25) is 0 Å². The number of anilines is 1. The summed E-state index contributed by atoms with van der Waals surface area (Å²) in [4.78, 5) is 24.5. The van der Waals surface area contributed by atoms with Crippen LogP contribution in [0.5, 0.6) is 0 Å². The summed E-state index contributed by atoms with van der Waals surface area (Å²) in [5, 5.41) is 3.07. The molecule has 0 bridgehead atoms. The molecule has 1 aliphatic heterocycles. The molecule has 5 rings (SSSR count). The van der Waals surface area contributed by atoms with Crippen LogP contribution in [0.25, 0.3) is 11.4 Å². The first-order valence-electron chi connectivity index (χ1n) is 10.3. The van der Waals surface area contributed by atoms with E-state index < -0.39 is 0 Å². The van der Waals surface area contributed by atoms with Crippen molar-refractivity contribution in [1.29, 1.82) is 0 Å². The summed E-state index contributed by atoms with van der Waals surface area (Å²) in [7, 11) is 0. The first-order chi connectivity index (χ1) is 14.3. The fourth-order valence-corrected chi connectivity index (χ4v) is 3.83. The summed E-state index contributed by atoms with van der Waals surface area (Å²) in [5.74, 6) is 1.93. The number of rotatable bonds is 5. The minimum atomic E-state index is -0.0784. The van der Waals surface area contributed by atoms with Gasteiger partial charge in [-0.25, -0.2) is 9.97 Å². The van der Waals surface area contributed by atoms with Gasteiger partial charge in [0.05, 0.1) is 0 Å². The molecule has 1 amide bonds. The number of fused-ring (bicyclic) bond motifs is 1. The second kappa shape index (κ2) is 7.66. The molecule has 0 unspecified atom stereocenters. The Labute approximate surface area is 170 Å². The number of nitrogens with zero attached hydrogens (tertiary/aromatic N) is 3. The third-order valence-corrected chi connectivity index (χ3v) is 5.72. The Bertz CT molecular complexity index is 1030. The second-order valence-corrected chi connectivity index (χ2v) is 7.89. The number of benzene rings is 2. The van der Waals surface area contributed by atoms with E-state index >= 15 is 0 Å². The lowest BCUT2D eigenvalue weighted by atomic mass is 9.99. The fourth-order valence-electron chi connectivity index (χ4n) is 3.83. The van der Waals surface area contributed by atoms with Crippen molar-refractivity contribution in [2.45, 2.75) is 25.8 Å². The number of carbonyl (C=O) groups excluding carboxylic acids is 1. The van der Waals surface area contributed by atoms with Gasteiger partial charge in [-0.15, -0.1) is 0 Å². The summed E-state index contributed by atoms with van der Waals surface area (Å²) in [6.07, 6.45) is 5.05. The van der Waals surface area contributed by atoms with E-state index in [4.69, 9.17) is 4.98 Å². The minimum absolute atomic E-state index is 0.0784. The predicted octanol–water partition coefficient (Wildman–Crippen LogP) is 3.85. The Morgan fingerprint density at radius 2 is 1.79 bits per heavy atom. The molecule has 1 aromatic heterocycles. The van der Waals surface area contributed by atoms with Gasteiger partial charge in [0.25, 0.3) is 5.91 Å². The molecule has 2 aliphatic rings. The van der Waals surface area contributed by atoms with Crippen LogP contribution in [0.15, 0.2) is 60.8 Å². The van der Waals surface area contributed by atoms with E-state index in [1.165, 1.54) is 24.0 Å². The number of hydrogen-bond acceptors (Lipinski definition) is 4. The number of amides is 1. The van der Waals surface area contributed by atoms with Gasteiger partial charge in [0.15, 0.2) is 5.82 Å². The monoisotopic (exact) mass is 384 g/mol. The summed E-state index contributed by atoms with van der Waals surface area (Å²) >= 11 is 0. The highest BCUT2D eigenvalue weighted by atomic mass is 16.1. The Hall–Kier alpha value is -3.21. The average Bonchev–Trinajstić information content (AvgIpc) is 3.62. The first-order valence-corrected chi connectivity index (χ1v) is 10.3. The van der Waals surface area contributed by atoms with Crippen molar-refractivity contribution in [3.8, 4) is 11.4 Å². The van der Waals surface area contributed by atoms with Crippen LogP contribution in [-0.2, 0) is 13.0 Å². The van der Waals surface area contributed by atoms with Crippen molar-refractivity contribution in [1.82, 2.24) is 15.3 Å². The van der Waals surface area contributed by atoms with E-state index in [1.807, 2.05) is 30.3 Å². The molecule has 0 radical (unpaired) electrons. The third kappa shape index (κ3) is 3.86. The maximum Gasteiger partial charge on any atom is 0.256 e. The molecule has 5 heteroatoms. The molecule has 0 spiro atoms. The van der Waals surface area contributed by atoms with E-state index in [9.17, 15) is 4.79 Å². The van der Waals surface area contributed by atoms with E-state index in [0.717, 1.165) is 37.4 Å². The Morgan fingerprint density at radius 1 is 1.03 bits per heavy atom. The molecule has 1 N–H and O–H groups in total. The summed E-state index contributed by atoms with van der Waals surface area (Å²) < 4.78 is 0. The smallest absolute Gasteiger partial charge is 0.256 e. The van der Waals surface area contributed by atoms with Crippen LogP contribution < -0.4 is 10.2 Å². The van der Waals surface area contributed by atoms with Crippen molar-refractivity contribution in [2.24, 2.45) is 5.92 Å². The number of aromatic nitrogens is 2. The minimum Gasteiger partial charge on any atom is -0.352 e. The van der Waals surface area contributed by atoms with Crippen LogP contribution in [0.2, 0.25) is 0 Å². The molecule has 146 valence electrons. The second-order valence-electron chi connectivity index (χ2n) is 7.89. The van der Waals surface area contributed by atoms with E-state index in [-0.39, 0.29) is 5.91 Å². The summed E-state index contributed by atoms with van der Waals surface area (Å²) in [6.45, 7) is 2.33. The van der Waals surface area contributed by atoms with Gasteiger partial charge < -0.3 is 10.2 Å². The number of hydrogen-bond donors (Lipinski definition) is 1. The number of nitrogens with one attached hydrogen (secondary N) is 1. The van der Waals surface area contributed by atoms with Gasteiger partial charge in [0, 0.05) is 31.4 Å². The standard InChI is InChI=1S/C24H24N4O/c29-24(26-14-17-10-11-17)21-15-25-22(19-7-2-1-3-8-19)27-23(21)28-13-12-18-6-4-5-9-20(18)16-28/h1-9,15,17H,10-14,16H2,(H,26,29). The van der Waals surface area contributed by atoms with Gasteiger partial charge in [0.1, 0.15) is 11.4 Å². The van der Waals surface area contributed by atoms with Crippen LogP contribution in [0, 0.1) is 5.92 Å². The van der Waals surface area contributed by atoms with Gasteiger partial charge in [-0.2, -0.15) is 0 Å². The molecule has 29 heavy (non-hydrogen) atoms. The first kappa shape index (κ1) is 17.9. The van der Waals surface area contributed by atoms with Crippen LogP contribution in [0.1, 0.15) is 34.3 Å². The SMILES string of the molecule is O=C(NCC1CC1)c1cnc(-c2ccccc2)nc1N1CCc2ccccc2C1. The molecule has 0 saturated heterocycles. The van der Waals surface area contributed by atoms with Gasteiger partial charge in [-0.05, 0) is 36.3 Å². The Kier molecular flexibility index (Phi) is 4.72. The zero-order chi connectivity index (χ0) is 19.6. The fraction of sp³-hybridized carbons (Fsp3) is 0.292. The molecule has 5 nitrogen and oxygen atoms in total. The predicted molar refractivity (Wildman–Crippen MR) is 114 cm³/mol. The van der Waals surface area contributed by atoms with E-state index in [0.29, 0.717) is 17.3 Å². The molecule has 1 saturated carbocycles. The zero-order valence-electron chi connectivity index (χ0n) is 16.3. The highest BCUT2D eigenvalue weighted by Crippen LogP contribution is 2.29. The van der Waals surface area contributed by atoms with Crippen molar-refractivity contribution in [3.05, 3.63) is 77.5 Å².